The van der Waals surface area contributed by atoms with Crippen molar-refractivity contribution in [3.8, 4) is 0 Å². The monoisotopic (exact) mass is 294 g/mol. The van der Waals surface area contributed by atoms with Crippen LogP contribution in [0.3, 0.4) is 0 Å². The standard InChI is InChI=1S/C11H21IN/c1-13(2)8-7-10(12)9-5-3-4-6-11(9)13/h9-11H,3-8H2,1-2H3/q+1. The zero-order chi connectivity index (χ0) is 9.47. The lowest BCUT2D eigenvalue weighted by Gasteiger charge is -2.50. The van der Waals surface area contributed by atoms with Gasteiger partial charge in [-0.05, 0) is 19.3 Å². The average Bonchev–Trinajstić information content (AvgIpc) is 2.13. The lowest BCUT2D eigenvalue weighted by molar-refractivity contribution is -0.925. The molecule has 0 N–H and O–H groups in total. The molecule has 1 saturated heterocycles. The van der Waals surface area contributed by atoms with Crippen LogP contribution in [0.4, 0.5) is 0 Å². The van der Waals surface area contributed by atoms with Crippen molar-refractivity contribution >= 4 is 22.6 Å². The summed E-state index contributed by atoms with van der Waals surface area (Å²) >= 11 is 2.70. The number of hydrogen-bond donors (Lipinski definition) is 0. The van der Waals surface area contributed by atoms with Gasteiger partial charge in [0.2, 0.25) is 0 Å². The number of piperidine rings is 1. The zero-order valence-corrected chi connectivity index (χ0v) is 11.0. The molecule has 1 saturated carbocycles. The first-order chi connectivity index (χ1) is 6.11. The van der Waals surface area contributed by atoms with E-state index in [-0.39, 0.29) is 0 Å². The minimum Gasteiger partial charge on any atom is -0.326 e. The van der Waals surface area contributed by atoms with Crippen LogP contribution in [0.1, 0.15) is 32.1 Å². The first-order valence-corrected chi connectivity index (χ1v) is 6.82. The molecule has 2 fully saturated rings. The number of rotatable bonds is 0. The summed E-state index contributed by atoms with van der Waals surface area (Å²) in [6, 6.07) is 0.976. The molecule has 13 heavy (non-hydrogen) atoms. The van der Waals surface area contributed by atoms with Crippen molar-refractivity contribution in [3.05, 3.63) is 0 Å². The van der Waals surface area contributed by atoms with Crippen LogP contribution in [0.2, 0.25) is 0 Å². The highest BCUT2D eigenvalue weighted by molar-refractivity contribution is 14.1. The van der Waals surface area contributed by atoms with E-state index < -0.39 is 0 Å². The highest BCUT2D eigenvalue weighted by atomic mass is 127. The number of hydrogen-bond acceptors (Lipinski definition) is 0. The Morgan fingerprint density at radius 2 is 1.77 bits per heavy atom. The second kappa shape index (κ2) is 3.69. The van der Waals surface area contributed by atoms with Gasteiger partial charge < -0.3 is 4.48 Å². The van der Waals surface area contributed by atoms with E-state index in [0.29, 0.717) is 0 Å². The summed E-state index contributed by atoms with van der Waals surface area (Å²) in [5.41, 5.74) is 0. The van der Waals surface area contributed by atoms with Crippen molar-refractivity contribution in [3.63, 3.8) is 0 Å². The molecule has 2 aliphatic rings. The molecule has 3 unspecified atom stereocenters. The van der Waals surface area contributed by atoms with Crippen LogP contribution in [0.25, 0.3) is 0 Å². The molecule has 2 heteroatoms. The third-order valence-electron chi connectivity index (χ3n) is 4.13. The molecular formula is C11H21IN+. The van der Waals surface area contributed by atoms with Crippen LogP contribution >= 0.6 is 22.6 Å². The van der Waals surface area contributed by atoms with Gasteiger partial charge in [0.15, 0.2) is 0 Å². The van der Waals surface area contributed by atoms with E-state index in [4.69, 9.17) is 0 Å². The van der Waals surface area contributed by atoms with E-state index in [2.05, 4.69) is 36.7 Å². The maximum atomic E-state index is 2.70. The lowest BCUT2D eigenvalue weighted by Crippen LogP contribution is -2.59. The second-order valence-corrected chi connectivity index (χ2v) is 6.92. The molecule has 0 aromatic rings. The minimum absolute atomic E-state index is 0.967. The zero-order valence-electron chi connectivity index (χ0n) is 8.80. The van der Waals surface area contributed by atoms with Gasteiger partial charge in [0.25, 0.3) is 0 Å². The third-order valence-corrected chi connectivity index (χ3v) is 5.67. The largest absolute Gasteiger partial charge is 0.326 e. The Morgan fingerprint density at radius 3 is 2.46 bits per heavy atom. The normalized spacial score (nSPS) is 44.1. The summed E-state index contributed by atoms with van der Waals surface area (Å²) in [6.07, 6.45) is 7.39. The van der Waals surface area contributed by atoms with E-state index in [9.17, 15) is 0 Å². The molecule has 0 bridgehead atoms. The fraction of sp³-hybridized carbons (Fsp3) is 1.00. The van der Waals surface area contributed by atoms with Gasteiger partial charge >= 0.3 is 0 Å². The van der Waals surface area contributed by atoms with Crippen molar-refractivity contribution in [1.29, 1.82) is 0 Å². The fourth-order valence-corrected chi connectivity index (χ4v) is 4.38. The summed E-state index contributed by atoms with van der Waals surface area (Å²) < 4.78 is 2.26. The average molecular weight is 294 g/mol. The van der Waals surface area contributed by atoms with Crippen molar-refractivity contribution < 1.29 is 4.48 Å². The first-order valence-electron chi connectivity index (χ1n) is 5.58. The number of fused-ring (bicyclic) bond motifs is 1. The lowest BCUT2D eigenvalue weighted by atomic mass is 9.77. The van der Waals surface area contributed by atoms with Crippen molar-refractivity contribution in [2.75, 3.05) is 20.6 Å². The predicted molar refractivity (Wildman–Crippen MR) is 65.1 cm³/mol. The molecule has 1 nitrogen and oxygen atoms in total. The Balaban J connectivity index is 2.14. The van der Waals surface area contributed by atoms with Gasteiger partial charge in [-0.25, -0.2) is 0 Å². The van der Waals surface area contributed by atoms with Gasteiger partial charge in [-0.2, -0.15) is 0 Å². The van der Waals surface area contributed by atoms with Crippen LogP contribution in [-0.2, 0) is 0 Å². The van der Waals surface area contributed by atoms with Crippen molar-refractivity contribution in [1.82, 2.24) is 0 Å². The number of quaternary nitrogens is 1. The summed E-state index contributed by atoms with van der Waals surface area (Å²) in [6.45, 7) is 1.40. The first kappa shape index (κ1) is 10.2. The van der Waals surface area contributed by atoms with Crippen molar-refractivity contribution in [2.24, 2.45) is 5.92 Å². The minimum atomic E-state index is 0.967. The third kappa shape index (κ3) is 1.89. The van der Waals surface area contributed by atoms with E-state index in [1.807, 2.05) is 0 Å². The molecule has 0 aromatic heterocycles. The van der Waals surface area contributed by atoms with Gasteiger partial charge in [-0.15, -0.1) is 0 Å². The molecule has 1 heterocycles. The van der Waals surface area contributed by atoms with Gasteiger partial charge in [-0.1, -0.05) is 29.0 Å². The van der Waals surface area contributed by atoms with Crippen LogP contribution in [0.15, 0.2) is 0 Å². The number of nitrogens with zero attached hydrogens (tertiary/aromatic N) is 1. The Hall–Kier alpha value is 0.690. The van der Waals surface area contributed by atoms with E-state index in [1.165, 1.54) is 43.1 Å². The summed E-state index contributed by atoms with van der Waals surface area (Å²) in [5.74, 6) is 1.03. The molecular weight excluding hydrogens is 273 g/mol. The molecule has 3 atom stereocenters. The van der Waals surface area contributed by atoms with Gasteiger partial charge in [0, 0.05) is 16.3 Å². The number of likely N-dealkylation sites (tertiary alicyclic amines) is 1. The highest BCUT2D eigenvalue weighted by Gasteiger charge is 2.44. The Labute approximate surface area is 95.6 Å². The maximum absolute atomic E-state index is 2.70. The quantitative estimate of drug-likeness (QED) is 0.366. The molecule has 1 aliphatic heterocycles. The topological polar surface area (TPSA) is 0 Å². The fourth-order valence-electron chi connectivity index (χ4n) is 3.27. The van der Waals surface area contributed by atoms with Gasteiger partial charge in [0.05, 0.1) is 26.7 Å². The number of alkyl halides is 1. The predicted octanol–water partition coefficient (Wildman–Crippen LogP) is 2.83. The number of halogens is 1. The molecule has 0 aromatic carbocycles. The molecule has 0 amide bonds. The molecule has 0 radical (unpaired) electrons. The van der Waals surface area contributed by atoms with Crippen LogP contribution in [0.5, 0.6) is 0 Å². The van der Waals surface area contributed by atoms with Crippen LogP contribution < -0.4 is 0 Å². The van der Waals surface area contributed by atoms with Crippen LogP contribution in [0, 0.1) is 5.92 Å². The summed E-state index contributed by atoms with van der Waals surface area (Å²) in [7, 11) is 4.87. The van der Waals surface area contributed by atoms with E-state index in [1.54, 1.807) is 0 Å². The summed E-state index contributed by atoms with van der Waals surface area (Å²) in [4.78, 5) is 0. The van der Waals surface area contributed by atoms with Gasteiger partial charge in [-0.3, -0.25) is 0 Å². The molecule has 0 spiro atoms. The Kier molecular flexibility index (Phi) is 2.90. The second-order valence-electron chi connectivity index (χ2n) is 5.32. The van der Waals surface area contributed by atoms with E-state index in [0.717, 1.165) is 15.9 Å². The van der Waals surface area contributed by atoms with Crippen LogP contribution in [-0.4, -0.2) is 35.1 Å². The maximum Gasteiger partial charge on any atom is 0.0924 e. The van der Waals surface area contributed by atoms with Gasteiger partial charge in [0.1, 0.15) is 0 Å². The Bertz CT molecular complexity index is 191. The van der Waals surface area contributed by atoms with E-state index >= 15 is 0 Å². The summed E-state index contributed by atoms with van der Waals surface area (Å²) in [5, 5.41) is 0. The Morgan fingerprint density at radius 1 is 1.08 bits per heavy atom. The van der Waals surface area contributed by atoms with Crippen molar-refractivity contribution in [2.45, 2.75) is 42.1 Å². The highest BCUT2D eigenvalue weighted by Crippen LogP contribution is 2.40. The molecule has 1 aliphatic carbocycles. The smallest absolute Gasteiger partial charge is 0.0924 e. The molecule has 2 rings (SSSR count). The SMILES string of the molecule is C[N+]1(C)CCC(I)C2CCCCC21. The molecule has 76 valence electrons.